The Morgan fingerprint density at radius 3 is 1.67 bits per heavy atom. The molecule has 1 heterocycles. The van der Waals surface area contributed by atoms with Crippen molar-refractivity contribution in [2.45, 2.75) is 24.9 Å². The molecule has 1 unspecified atom stereocenters. The van der Waals surface area contributed by atoms with Crippen LogP contribution in [0.1, 0.15) is 24.1 Å². The van der Waals surface area contributed by atoms with Crippen molar-refractivity contribution in [1.29, 1.82) is 0 Å². The highest BCUT2D eigenvalue weighted by Crippen LogP contribution is 2.53. The topological polar surface area (TPSA) is 15.5 Å². The summed E-state index contributed by atoms with van der Waals surface area (Å²) in [6.07, 6.45) is -4.44. The lowest BCUT2D eigenvalue weighted by Gasteiger charge is -2.20. The molecule has 2 nitrogen and oxygen atoms in total. The summed E-state index contributed by atoms with van der Waals surface area (Å²) in [5.41, 5.74) is -0.711. The molecule has 1 fully saturated rings. The zero-order valence-electron chi connectivity index (χ0n) is 11.3. The van der Waals surface area contributed by atoms with E-state index >= 15 is 0 Å². The van der Waals surface area contributed by atoms with E-state index < -0.39 is 17.9 Å². The SMILES string of the molecule is C[C@@]1(C(F)(F)F)ON1C(c1ccccc1)c1ccccc1. The lowest BCUT2D eigenvalue weighted by molar-refractivity contribution is -0.181. The van der Waals surface area contributed by atoms with Crippen LogP contribution in [0.25, 0.3) is 0 Å². The second kappa shape index (κ2) is 4.86. The van der Waals surface area contributed by atoms with Gasteiger partial charge in [-0.15, -0.1) is 5.06 Å². The van der Waals surface area contributed by atoms with Crippen molar-refractivity contribution in [1.82, 2.24) is 5.06 Å². The third-order valence-electron chi connectivity index (χ3n) is 3.66. The molecule has 0 aromatic heterocycles. The second-order valence-electron chi connectivity index (χ2n) is 5.12. The number of alkyl halides is 3. The highest BCUT2D eigenvalue weighted by molar-refractivity contribution is 5.32. The van der Waals surface area contributed by atoms with E-state index in [0.717, 1.165) is 23.1 Å². The first kappa shape index (κ1) is 14.1. The van der Waals surface area contributed by atoms with Crippen LogP contribution in [-0.2, 0) is 4.84 Å². The van der Waals surface area contributed by atoms with E-state index in [-0.39, 0.29) is 0 Å². The molecule has 21 heavy (non-hydrogen) atoms. The first-order valence-electron chi connectivity index (χ1n) is 6.58. The number of rotatable bonds is 3. The zero-order valence-corrected chi connectivity index (χ0v) is 11.3. The standard InChI is InChI=1S/C16H14F3NO/c1-15(16(17,18)19)20(21-15)14(12-8-4-2-5-9-12)13-10-6-3-7-11-13/h2-11,14H,1H3/t15-,20?/m0/s1. The number of halogens is 3. The highest BCUT2D eigenvalue weighted by Gasteiger charge is 2.71. The van der Waals surface area contributed by atoms with E-state index in [4.69, 9.17) is 4.84 Å². The van der Waals surface area contributed by atoms with Crippen molar-refractivity contribution in [2.75, 3.05) is 0 Å². The van der Waals surface area contributed by atoms with Crippen LogP contribution < -0.4 is 0 Å². The van der Waals surface area contributed by atoms with Gasteiger partial charge in [0.15, 0.2) is 0 Å². The number of hydroxylamine groups is 2. The lowest BCUT2D eigenvalue weighted by Crippen LogP contribution is -2.35. The Kier molecular flexibility index (Phi) is 3.26. The van der Waals surface area contributed by atoms with E-state index in [1.54, 1.807) is 48.5 Å². The smallest absolute Gasteiger partial charge is 0.261 e. The maximum Gasteiger partial charge on any atom is 0.435 e. The zero-order chi connectivity index (χ0) is 15.1. The van der Waals surface area contributed by atoms with Gasteiger partial charge in [-0.3, -0.25) is 4.84 Å². The normalized spacial score (nSPS) is 25.1. The Morgan fingerprint density at radius 1 is 0.905 bits per heavy atom. The minimum atomic E-state index is -4.44. The molecule has 1 saturated heterocycles. The van der Waals surface area contributed by atoms with Gasteiger partial charge >= 0.3 is 6.18 Å². The van der Waals surface area contributed by atoms with Gasteiger partial charge in [0.05, 0.1) is 6.04 Å². The molecule has 0 bridgehead atoms. The van der Waals surface area contributed by atoms with Gasteiger partial charge in [-0.05, 0) is 18.1 Å². The van der Waals surface area contributed by atoms with Gasteiger partial charge in [0.2, 0.25) is 0 Å². The van der Waals surface area contributed by atoms with Crippen molar-refractivity contribution in [2.24, 2.45) is 0 Å². The van der Waals surface area contributed by atoms with Gasteiger partial charge < -0.3 is 0 Å². The molecule has 0 amide bonds. The summed E-state index contributed by atoms with van der Waals surface area (Å²) in [5, 5.41) is 1.01. The van der Waals surface area contributed by atoms with Gasteiger partial charge in [0.25, 0.3) is 5.72 Å². The fourth-order valence-corrected chi connectivity index (χ4v) is 2.38. The molecule has 3 rings (SSSR count). The van der Waals surface area contributed by atoms with E-state index in [1.807, 2.05) is 12.1 Å². The Balaban J connectivity index is 2.00. The second-order valence-corrected chi connectivity index (χ2v) is 5.12. The number of hydrogen-bond acceptors (Lipinski definition) is 2. The minimum absolute atomic E-state index is 0.584. The number of hydrogen-bond donors (Lipinski definition) is 0. The van der Waals surface area contributed by atoms with E-state index in [1.165, 1.54) is 0 Å². The molecule has 1 aliphatic rings. The molecule has 5 heteroatoms. The Morgan fingerprint density at radius 2 is 1.33 bits per heavy atom. The van der Waals surface area contributed by atoms with Gasteiger partial charge in [0, 0.05) is 0 Å². The number of nitrogens with zero attached hydrogens (tertiary/aromatic N) is 1. The number of benzene rings is 2. The van der Waals surface area contributed by atoms with Gasteiger partial charge in [0.1, 0.15) is 0 Å². The summed E-state index contributed by atoms with van der Waals surface area (Å²) in [4.78, 5) is 4.95. The van der Waals surface area contributed by atoms with Crippen LogP contribution in [0, 0.1) is 0 Å². The fourth-order valence-electron chi connectivity index (χ4n) is 2.38. The molecular weight excluding hydrogens is 279 g/mol. The van der Waals surface area contributed by atoms with Crippen LogP contribution in [0.5, 0.6) is 0 Å². The van der Waals surface area contributed by atoms with Gasteiger partial charge in [-0.1, -0.05) is 60.7 Å². The molecule has 0 spiro atoms. The first-order valence-corrected chi connectivity index (χ1v) is 6.58. The molecule has 0 saturated carbocycles. The van der Waals surface area contributed by atoms with E-state index in [0.29, 0.717) is 0 Å². The summed E-state index contributed by atoms with van der Waals surface area (Å²) in [7, 11) is 0. The molecule has 2 aromatic rings. The van der Waals surface area contributed by atoms with Crippen molar-refractivity contribution in [3.8, 4) is 0 Å². The predicted octanol–water partition coefficient (Wildman–Crippen LogP) is 4.30. The van der Waals surface area contributed by atoms with Crippen molar-refractivity contribution >= 4 is 0 Å². The van der Waals surface area contributed by atoms with E-state index in [2.05, 4.69) is 0 Å². The van der Waals surface area contributed by atoms with Crippen molar-refractivity contribution < 1.29 is 18.0 Å². The molecule has 110 valence electrons. The maximum absolute atomic E-state index is 13.1. The quantitative estimate of drug-likeness (QED) is 0.784. The summed E-state index contributed by atoms with van der Waals surface area (Å²) < 4.78 is 39.3. The van der Waals surface area contributed by atoms with Crippen LogP contribution in [-0.4, -0.2) is 17.0 Å². The summed E-state index contributed by atoms with van der Waals surface area (Å²) in [5.74, 6) is 0. The van der Waals surface area contributed by atoms with Gasteiger partial charge in [-0.25, -0.2) is 0 Å². The molecule has 0 radical (unpaired) electrons. The molecule has 0 aliphatic carbocycles. The van der Waals surface area contributed by atoms with Gasteiger partial charge in [-0.2, -0.15) is 13.2 Å². The lowest BCUT2D eigenvalue weighted by atomic mass is 9.98. The van der Waals surface area contributed by atoms with Crippen molar-refractivity contribution in [3.63, 3.8) is 0 Å². The monoisotopic (exact) mass is 293 g/mol. The van der Waals surface area contributed by atoms with E-state index in [9.17, 15) is 13.2 Å². The minimum Gasteiger partial charge on any atom is -0.261 e. The van der Waals surface area contributed by atoms with Crippen LogP contribution in [0.3, 0.4) is 0 Å². The molecular formula is C16H14F3NO. The average Bonchev–Trinajstić information content (AvgIpc) is 3.14. The average molecular weight is 293 g/mol. The Bertz CT molecular complexity index is 575. The Labute approximate surface area is 120 Å². The molecule has 2 aromatic carbocycles. The van der Waals surface area contributed by atoms with Crippen LogP contribution >= 0.6 is 0 Å². The summed E-state index contributed by atoms with van der Waals surface area (Å²) in [6, 6.07) is 17.5. The highest BCUT2D eigenvalue weighted by atomic mass is 19.4. The van der Waals surface area contributed by atoms with Crippen LogP contribution in [0.2, 0.25) is 0 Å². The summed E-state index contributed by atoms with van der Waals surface area (Å²) in [6.45, 7) is 1.05. The van der Waals surface area contributed by atoms with Crippen LogP contribution in [0.15, 0.2) is 60.7 Å². The largest absolute Gasteiger partial charge is 0.435 e. The maximum atomic E-state index is 13.1. The molecule has 2 atom stereocenters. The fraction of sp³-hybridized carbons (Fsp3) is 0.250. The molecule has 1 aliphatic heterocycles. The Hall–Kier alpha value is -1.85. The third-order valence-corrected chi connectivity index (χ3v) is 3.66. The van der Waals surface area contributed by atoms with Crippen LogP contribution in [0.4, 0.5) is 13.2 Å². The summed E-state index contributed by atoms with van der Waals surface area (Å²) >= 11 is 0. The first-order chi connectivity index (χ1) is 9.93. The predicted molar refractivity (Wildman–Crippen MR) is 72.1 cm³/mol. The van der Waals surface area contributed by atoms with Crippen molar-refractivity contribution in [3.05, 3.63) is 71.8 Å². The molecule has 0 N–H and O–H groups in total. The third kappa shape index (κ3) is 2.43.